The number of carboxylic acid groups (broad SMARTS) is 1. The predicted molar refractivity (Wildman–Crippen MR) is 114 cm³/mol. The number of benzene rings is 2. The van der Waals surface area contributed by atoms with Gasteiger partial charge in [-0.15, -0.1) is 0 Å². The Morgan fingerprint density at radius 2 is 1.79 bits per heavy atom. The molecule has 1 fully saturated rings. The number of fused-ring (bicyclic) bond motifs is 3. The number of hydrogen-bond acceptors (Lipinski definition) is 6. The third-order valence-corrected chi connectivity index (χ3v) is 6.69. The van der Waals surface area contributed by atoms with Crippen LogP contribution in [0.15, 0.2) is 67.0 Å². The lowest BCUT2D eigenvalue weighted by Crippen LogP contribution is -2.50. The van der Waals surface area contributed by atoms with Crippen LogP contribution in [0.4, 0.5) is 8.78 Å². The molecule has 0 amide bonds. The molecule has 4 unspecified atom stereocenters. The average molecular weight is 467 g/mol. The first-order chi connectivity index (χ1) is 16.3. The normalized spacial score (nSPS) is 27.3. The SMILES string of the molecule is COc1cncc2c1C1(O)C(=O)C(C(=O)O)C(c3ccccc3)C1(c1ccc(C(F)F)cc1)O2. The van der Waals surface area contributed by atoms with E-state index in [0.717, 1.165) is 12.1 Å². The van der Waals surface area contributed by atoms with Gasteiger partial charge in [0.2, 0.25) is 5.60 Å². The summed E-state index contributed by atoms with van der Waals surface area (Å²) in [6.45, 7) is 0. The van der Waals surface area contributed by atoms with Gasteiger partial charge in [-0.2, -0.15) is 0 Å². The van der Waals surface area contributed by atoms with Crippen LogP contribution in [0.25, 0.3) is 0 Å². The largest absolute Gasteiger partial charge is 0.495 e. The summed E-state index contributed by atoms with van der Waals surface area (Å²) in [6, 6.07) is 13.3. The Hall–Kier alpha value is -3.85. The molecule has 2 heterocycles. The van der Waals surface area contributed by atoms with Crippen molar-refractivity contribution in [1.29, 1.82) is 0 Å². The van der Waals surface area contributed by atoms with Crippen LogP contribution in [0.1, 0.15) is 34.6 Å². The number of carbonyl (C=O) groups excluding carboxylic acids is 1. The maximum Gasteiger partial charge on any atom is 0.314 e. The van der Waals surface area contributed by atoms with Crippen LogP contribution in [-0.4, -0.2) is 34.1 Å². The maximum absolute atomic E-state index is 13.8. The topological polar surface area (TPSA) is 106 Å². The monoisotopic (exact) mass is 467 g/mol. The molecule has 1 aromatic heterocycles. The molecular formula is C25H19F2NO6. The molecule has 3 aromatic rings. The van der Waals surface area contributed by atoms with E-state index in [1.165, 1.54) is 31.6 Å². The molecule has 2 aromatic carbocycles. The van der Waals surface area contributed by atoms with Crippen molar-refractivity contribution < 1.29 is 38.1 Å². The smallest absolute Gasteiger partial charge is 0.314 e. The Balaban J connectivity index is 1.87. The molecule has 174 valence electrons. The number of rotatable bonds is 5. The van der Waals surface area contributed by atoms with Gasteiger partial charge in [0.05, 0.1) is 31.0 Å². The first-order valence-electron chi connectivity index (χ1n) is 10.4. The Labute approximate surface area is 192 Å². The second kappa shape index (κ2) is 7.59. The van der Waals surface area contributed by atoms with E-state index in [2.05, 4.69) is 4.98 Å². The van der Waals surface area contributed by atoms with Crippen molar-refractivity contribution in [2.24, 2.45) is 5.92 Å². The second-order valence-electron chi connectivity index (χ2n) is 8.25. The number of pyridine rings is 1. The number of nitrogens with zero attached hydrogens (tertiary/aromatic N) is 1. The molecule has 0 bridgehead atoms. The van der Waals surface area contributed by atoms with Crippen molar-refractivity contribution in [3.05, 3.63) is 89.2 Å². The van der Waals surface area contributed by atoms with Gasteiger partial charge in [0, 0.05) is 5.56 Å². The summed E-state index contributed by atoms with van der Waals surface area (Å²) in [7, 11) is 1.32. The van der Waals surface area contributed by atoms with E-state index < -0.39 is 41.2 Å². The van der Waals surface area contributed by atoms with Crippen LogP contribution >= 0.6 is 0 Å². The summed E-state index contributed by atoms with van der Waals surface area (Å²) in [6.07, 6.45) is -0.151. The van der Waals surface area contributed by atoms with Gasteiger partial charge in [0.15, 0.2) is 11.4 Å². The molecule has 1 saturated carbocycles. The minimum absolute atomic E-state index is 0.0391. The van der Waals surface area contributed by atoms with E-state index in [1.807, 2.05) is 0 Å². The first-order valence-corrected chi connectivity index (χ1v) is 10.4. The lowest BCUT2D eigenvalue weighted by atomic mass is 9.70. The van der Waals surface area contributed by atoms with E-state index in [-0.39, 0.29) is 28.2 Å². The fourth-order valence-electron chi connectivity index (χ4n) is 5.32. The fourth-order valence-corrected chi connectivity index (χ4v) is 5.32. The van der Waals surface area contributed by atoms with Gasteiger partial charge in [-0.05, 0) is 11.1 Å². The lowest BCUT2D eigenvalue weighted by Gasteiger charge is -2.39. The van der Waals surface area contributed by atoms with Crippen LogP contribution in [0.2, 0.25) is 0 Å². The van der Waals surface area contributed by atoms with Crippen LogP contribution in [0.3, 0.4) is 0 Å². The molecule has 4 atom stereocenters. The van der Waals surface area contributed by atoms with Crippen LogP contribution in [0.5, 0.6) is 11.5 Å². The number of Topliss-reactive ketones (excluding diaryl/α,β-unsaturated/α-hetero) is 1. The number of aliphatic hydroxyl groups is 1. The molecule has 9 heteroatoms. The number of hydrogen-bond donors (Lipinski definition) is 2. The van der Waals surface area contributed by atoms with Gasteiger partial charge in [0.1, 0.15) is 17.4 Å². The minimum atomic E-state index is -2.74. The molecule has 0 spiro atoms. The van der Waals surface area contributed by atoms with Gasteiger partial charge in [-0.25, -0.2) is 8.78 Å². The van der Waals surface area contributed by atoms with Crippen molar-refractivity contribution in [1.82, 2.24) is 4.98 Å². The van der Waals surface area contributed by atoms with Gasteiger partial charge >= 0.3 is 5.97 Å². The average Bonchev–Trinajstić information content (AvgIpc) is 3.23. The molecule has 34 heavy (non-hydrogen) atoms. The Morgan fingerprint density at radius 3 is 2.38 bits per heavy atom. The maximum atomic E-state index is 13.8. The molecule has 5 rings (SSSR count). The number of ether oxygens (including phenoxy) is 2. The number of halogens is 2. The van der Waals surface area contributed by atoms with E-state index in [0.29, 0.717) is 5.56 Å². The van der Waals surface area contributed by atoms with E-state index in [9.17, 15) is 28.6 Å². The number of aromatic nitrogens is 1. The lowest BCUT2D eigenvalue weighted by molar-refractivity contribution is -0.154. The van der Waals surface area contributed by atoms with Crippen molar-refractivity contribution in [3.63, 3.8) is 0 Å². The standard InChI is InChI=1S/C25H19F2NO6/c1-33-16-11-28-12-17-20(16)24(32)21(29)18(23(30)31)19(13-5-3-2-4-6-13)25(24,34-17)15-9-7-14(8-10-15)22(26)27/h2-12,18-19,22,32H,1H3,(H,30,31). The summed E-state index contributed by atoms with van der Waals surface area (Å²) >= 11 is 0. The minimum Gasteiger partial charge on any atom is -0.495 e. The zero-order valence-corrected chi connectivity index (χ0v) is 17.8. The zero-order valence-electron chi connectivity index (χ0n) is 17.8. The summed E-state index contributed by atoms with van der Waals surface area (Å²) in [5.74, 6) is -5.24. The zero-order chi connectivity index (χ0) is 24.3. The third kappa shape index (κ3) is 2.67. The highest BCUT2D eigenvalue weighted by Gasteiger charge is 2.78. The van der Waals surface area contributed by atoms with Crippen LogP contribution in [-0.2, 0) is 20.8 Å². The van der Waals surface area contributed by atoms with Gasteiger partial charge in [0.25, 0.3) is 6.43 Å². The summed E-state index contributed by atoms with van der Waals surface area (Å²) in [4.78, 5) is 30.3. The molecule has 2 N–H and O–H groups in total. The number of alkyl halides is 2. The highest BCUT2D eigenvalue weighted by molar-refractivity contribution is 6.09. The number of ketones is 1. The third-order valence-electron chi connectivity index (χ3n) is 6.69. The summed E-state index contributed by atoms with van der Waals surface area (Å²) < 4.78 is 38.2. The van der Waals surface area contributed by atoms with Crippen LogP contribution < -0.4 is 9.47 Å². The Kier molecular flexibility index (Phi) is 4.91. The molecule has 1 aliphatic heterocycles. The van der Waals surface area contributed by atoms with Crippen LogP contribution in [0, 0.1) is 5.92 Å². The molecule has 0 saturated heterocycles. The Bertz CT molecular complexity index is 1280. The van der Waals surface area contributed by atoms with E-state index in [1.54, 1.807) is 30.3 Å². The number of carbonyl (C=O) groups is 2. The van der Waals surface area contributed by atoms with Gasteiger partial charge < -0.3 is 19.7 Å². The number of carboxylic acids is 1. The fraction of sp³-hybridized carbons (Fsp3) is 0.240. The first kappa shape index (κ1) is 22.0. The predicted octanol–water partition coefficient (Wildman–Crippen LogP) is 3.57. The highest BCUT2D eigenvalue weighted by atomic mass is 19.3. The quantitative estimate of drug-likeness (QED) is 0.553. The molecule has 1 aliphatic carbocycles. The second-order valence-corrected chi connectivity index (χ2v) is 8.25. The molecular weight excluding hydrogens is 448 g/mol. The van der Waals surface area contributed by atoms with E-state index >= 15 is 0 Å². The summed E-state index contributed by atoms with van der Waals surface area (Å²) in [5, 5.41) is 22.3. The Morgan fingerprint density at radius 1 is 1.12 bits per heavy atom. The van der Waals surface area contributed by atoms with Crippen molar-refractivity contribution >= 4 is 11.8 Å². The number of aliphatic carboxylic acids is 1. The van der Waals surface area contributed by atoms with Crippen molar-refractivity contribution in [2.75, 3.05) is 7.11 Å². The summed E-state index contributed by atoms with van der Waals surface area (Å²) in [5.41, 5.74) is -4.19. The van der Waals surface area contributed by atoms with E-state index in [4.69, 9.17) is 9.47 Å². The molecule has 2 aliphatic rings. The molecule has 0 radical (unpaired) electrons. The number of methoxy groups -OCH3 is 1. The van der Waals surface area contributed by atoms with Gasteiger partial charge in [-0.1, -0.05) is 54.6 Å². The van der Waals surface area contributed by atoms with Gasteiger partial charge in [-0.3, -0.25) is 14.6 Å². The molecule has 7 nitrogen and oxygen atoms in total. The highest BCUT2D eigenvalue weighted by Crippen LogP contribution is 2.68. The van der Waals surface area contributed by atoms with Crippen molar-refractivity contribution in [2.45, 2.75) is 23.5 Å². The van der Waals surface area contributed by atoms with Crippen molar-refractivity contribution in [3.8, 4) is 11.5 Å².